The fourth-order valence-electron chi connectivity index (χ4n) is 8.97. The van der Waals surface area contributed by atoms with Gasteiger partial charge in [-0.1, -0.05) is 266 Å². The highest BCUT2D eigenvalue weighted by atomic mass is 16.6. The molecule has 6 nitrogen and oxygen atoms in total. The number of esters is 3. The van der Waals surface area contributed by atoms with Gasteiger partial charge in [-0.2, -0.15) is 0 Å². The smallest absolute Gasteiger partial charge is 0.306 e. The van der Waals surface area contributed by atoms with E-state index in [1.165, 1.54) is 148 Å². The van der Waals surface area contributed by atoms with E-state index in [0.717, 1.165) is 122 Å². The van der Waals surface area contributed by atoms with E-state index in [1.807, 2.05) is 0 Å². The van der Waals surface area contributed by atoms with Gasteiger partial charge in [0.2, 0.25) is 0 Å². The lowest BCUT2D eigenvalue weighted by molar-refractivity contribution is -0.167. The molecule has 0 aromatic rings. The Kier molecular flexibility index (Phi) is 60.8. The molecule has 0 bridgehead atoms. The van der Waals surface area contributed by atoms with Gasteiger partial charge in [0, 0.05) is 19.3 Å². The average molecular weight is 1060 g/mol. The van der Waals surface area contributed by atoms with E-state index in [2.05, 4.69) is 118 Å². The molecular weight excluding hydrogens is 937 g/mol. The molecule has 0 radical (unpaired) electrons. The quantitative estimate of drug-likeness (QED) is 0.0261. The van der Waals surface area contributed by atoms with Gasteiger partial charge in [0.1, 0.15) is 13.2 Å². The second kappa shape index (κ2) is 63.9. The first kappa shape index (κ1) is 72.3. The molecule has 0 aromatic carbocycles. The molecule has 0 spiro atoms. The van der Waals surface area contributed by atoms with E-state index in [9.17, 15) is 14.4 Å². The van der Waals surface area contributed by atoms with Crippen LogP contribution in [0, 0.1) is 0 Å². The lowest BCUT2D eigenvalue weighted by Crippen LogP contribution is -2.30. The molecule has 0 aliphatic carbocycles. The minimum atomic E-state index is -0.790. The molecule has 0 heterocycles. The summed E-state index contributed by atoms with van der Waals surface area (Å²) < 4.78 is 16.9. The number of rotatable bonds is 58. The summed E-state index contributed by atoms with van der Waals surface area (Å²) in [5.74, 6) is -0.901. The molecule has 1 atom stereocenters. The van der Waals surface area contributed by atoms with Gasteiger partial charge < -0.3 is 14.2 Å². The average Bonchev–Trinajstić information content (AvgIpc) is 3.42. The zero-order valence-electron chi connectivity index (χ0n) is 50.0. The van der Waals surface area contributed by atoms with Crippen LogP contribution in [0.15, 0.2) is 97.2 Å². The van der Waals surface area contributed by atoms with Crippen molar-refractivity contribution in [2.24, 2.45) is 0 Å². The second-order valence-electron chi connectivity index (χ2n) is 21.3. The fourth-order valence-corrected chi connectivity index (χ4v) is 8.97. The summed E-state index contributed by atoms with van der Waals surface area (Å²) >= 11 is 0. The van der Waals surface area contributed by atoms with Crippen LogP contribution >= 0.6 is 0 Å². The molecule has 0 saturated carbocycles. The van der Waals surface area contributed by atoms with Crippen LogP contribution in [0.4, 0.5) is 0 Å². The van der Waals surface area contributed by atoms with Crippen molar-refractivity contribution < 1.29 is 28.6 Å². The van der Waals surface area contributed by atoms with Crippen LogP contribution in [0.1, 0.15) is 310 Å². The van der Waals surface area contributed by atoms with Crippen molar-refractivity contribution in [3.63, 3.8) is 0 Å². The van der Waals surface area contributed by atoms with Crippen molar-refractivity contribution in [3.05, 3.63) is 97.2 Å². The van der Waals surface area contributed by atoms with Crippen LogP contribution in [0.3, 0.4) is 0 Å². The van der Waals surface area contributed by atoms with Gasteiger partial charge in [-0.3, -0.25) is 14.4 Å². The van der Waals surface area contributed by atoms with E-state index in [0.29, 0.717) is 19.3 Å². The van der Waals surface area contributed by atoms with Crippen molar-refractivity contribution in [1.29, 1.82) is 0 Å². The molecule has 0 fully saturated rings. The Bertz CT molecular complexity index is 1490. The number of unbranched alkanes of at least 4 members (excludes halogenated alkanes) is 31. The van der Waals surface area contributed by atoms with E-state index < -0.39 is 6.10 Å². The highest BCUT2D eigenvalue weighted by molar-refractivity contribution is 5.71. The molecule has 0 aliphatic rings. The summed E-state index contributed by atoms with van der Waals surface area (Å²) in [6.07, 6.45) is 85.5. The maximum Gasteiger partial charge on any atom is 0.306 e. The summed E-state index contributed by atoms with van der Waals surface area (Å²) in [5.41, 5.74) is 0. The van der Waals surface area contributed by atoms with E-state index in [-0.39, 0.29) is 31.1 Å². The lowest BCUT2D eigenvalue weighted by Gasteiger charge is -2.18. The predicted octanol–water partition coefficient (Wildman–Crippen LogP) is 22.0. The largest absolute Gasteiger partial charge is 0.462 e. The molecule has 0 aliphatic heterocycles. The van der Waals surface area contributed by atoms with E-state index >= 15 is 0 Å². The Morgan fingerprint density at radius 3 is 0.816 bits per heavy atom. The zero-order chi connectivity index (χ0) is 55.0. The Balaban J connectivity index is 4.35. The third-order valence-corrected chi connectivity index (χ3v) is 13.8. The third-order valence-electron chi connectivity index (χ3n) is 13.8. The molecule has 76 heavy (non-hydrogen) atoms. The summed E-state index contributed by atoms with van der Waals surface area (Å²) in [6.45, 7) is 6.52. The normalized spacial score (nSPS) is 12.7. The first-order valence-corrected chi connectivity index (χ1v) is 32.2. The summed E-state index contributed by atoms with van der Waals surface area (Å²) in [6, 6.07) is 0. The van der Waals surface area contributed by atoms with E-state index in [1.54, 1.807) is 0 Å². The Hall–Kier alpha value is -3.67. The number of allylic oxidation sites excluding steroid dienone is 16. The molecule has 0 saturated heterocycles. The van der Waals surface area contributed by atoms with Gasteiger partial charge in [0.25, 0.3) is 0 Å². The molecule has 436 valence electrons. The fraction of sp³-hybridized carbons (Fsp3) is 0.729. The number of hydrogen-bond donors (Lipinski definition) is 0. The van der Waals surface area contributed by atoms with Crippen molar-refractivity contribution in [2.45, 2.75) is 316 Å². The third kappa shape index (κ3) is 61.2. The minimum absolute atomic E-state index is 0.0865. The van der Waals surface area contributed by atoms with Crippen LogP contribution in [0.2, 0.25) is 0 Å². The Morgan fingerprint density at radius 2 is 0.513 bits per heavy atom. The van der Waals surface area contributed by atoms with Gasteiger partial charge in [-0.15, -0.1) is 0 Å². The number of carbonyl (C=O) groups is 3. The second-order valence-corrected chi connectivity index (χ2v) is 21.3. The van der Waals surface area contributed by atoms with Crippen LogP contribution in [-0.4, -0.2) is 37.2 Å². The van der Waals surface area contributed by atoms with Gasteiger partial charge in [0.15, 0.2) is 6.10 Å². The van der Waals surface area contributed by atoms with Crippen molar-refractivity contribution >= 4 is 17.9 Å². The topological polar surface area (TPSA) is 78.9 Å². The monoisotopic (exact) mass is 1060 g/mol. The molecular formula is C70H120O6. The first-order valence-electron chi connectivity index (χ1n) is 32.2. The number of carbonyl (C=O) groups excluding carboxylic acids is 3. The summed E-state index contributed by atoms with van der Waals surface area (Å²) in [5, 5.41) is 0. The highest BCUT2D eigenvalue weighted by Gasteiger charge is 2.19. The lowest BCUT2D eigenvalue weighted by atomic mass is 10.1. The molecule has 6 heteroatoms. The van der Waals surface area contributed by atoms with Crippen LogP contribution in [0.25, 0.3) is 0 Å². The minimum Gasteiger partial charge on any atom is -0.462 e. The van der Waals surface area contributed by atoms with Crippen molar-refractivity contribution in [3.8, 4) is 0 Å². The summed E-state index contributed by atoms with van der Waals surface area (Å²) in [7, 11) is 0. The molecule has 0 amide bonds. The van der Waals surface area contributed by atoms with Crippen LogP contribution in [-0.2, 0) is 28.6 Å². The Labute approximate surface area is 470 Å². The van der Waals surface area contributed by atoms with Gasteiger partial charge in [-0.05, 0) is 122 Å². The molecule has 0 N–H and O–H groups in total. The first-order chi connectivity index (χ1) is 37.5. The van der Waals surface area contributed by atoms with Crippen LogP contribution < -0.4 is 0 Å². The number of hydrogen-bond acceptors (Lipinski definition) is 6. The van der Waals surface area contributed by atoms with Gasteiger partial charge in [-0.25, -0.2) is 0 Å². The molecule has 0 rings (SSSR count). The molecule has 0 aromatic heterocycles. The highest BCUT2D eigenvalue weighted by Crippen LogP contribution is 2.15. The standard InChI is InChI=1S/C70H120O6/c1-4-7-10-13-16-19-22-25-28-30-31-32-33-34-35-36-37-38-39-40-43-45-48-51-54-57-60-63-69(72)75-66-67(65-74-68(71)62-59-56-53-50-47-44-41-27-24-21-18-15-12-9-6-3)76-70(73)64-61-58-55-52-49-46-42-29-26-23-20-17-14-11-8-5-2/h7,10,16,19,25,27-29,31-32,34-35,37-38,41-42,67H,4-6,8-9,11-15,17-18,20-24,26,30,33,36,39-40,43-66H2,1-3H3/b10-7-,19-16-,28-25-,32-31-,35-34-,38-37-,41-27-,42-29-. The maximum absolute atomic E-state index is 12.9. The predicted molar refractivity (Wildman–Crippen MR) is 330 cm³/mol. The SMILES string of the molecule is CC/C=C\C/C=C\C/C=C\C/C=C\C/C=C\C/C=C\CCCCCCCCCCC(=O)OCC(COC(=O)CCCCCCC/C=C\CCCCCCCC)OC(=O)CCCCCCC/C=C\CCCCCCCCC. The van der Waals surface area contributed by atoms with Gasteiger partial charge in [0.05, 0.1) is 0 Å². The number of ether oxygens (including phenoxy) is 3. The van der Waals surface area contributed by atoms with E-state index in [4.69, 9.17) is 14.2 Å². The van der Waals surface area contributed by atoms with Crippen LogP contribution in [0.5, 0.6) is 0 Å². The van der Waals surface area contributed by atoms with Crippen molar-refractivity contribution in [2.75, 3.05) is 13.2 Å². The Morgan fingerprint density at radius 1 is 0.276 bits per heavy atom. The summed E-state index contributed by atoms with van der Waals surface area (Å²) in [4.78, 5) is 38.3. The zero-order valence-corrected chi connectivity index (χ0v) is 50.0. The maximum atomic E-state index is 12.9. The van der Waals surface area contributed by atoms with Crippen molar-refractivity contribution in [1.82, 2.24) is 0 Å². The molecule has 1 unspecified atom stereocenters. The van der Waals surface area contributed by atoms with Gasteiger partial charge >= 0.3 is 17.9 Å².